The number of nitrogens with two attached hydrogens (primary N) is 1. The molecule has 1 unspecified atom stereocenters. The molecule has 0 fully saturated rings. The van der Waals surface area contributed by atoms with Gasteiger partial charge in [-0.05, 0) is 6.42 Å². The lowest BCUT2D eigenvalue weighted by Crippen LogP contribution is -2.33. The number of methoxy groups -OCH3 is 1. The van der Waals surface area contributed by atoms with E-state index in [1.165, 1.54) is 26.4 Å². The minimum absolute atomic E-state index is 0.250. The Morgan fingerprint density at radius 1 is 1.41 bits per heavy atom. The van der Waals surface area contributed by atoms with E-state index in [1.807, 2.05) is 0 Å². The number of esters is 1. The van der Waals surface area contributed by atoms with Crippen LogP contribution in [0.1, 0.15) is 39.5 Å². The van der Waals surface area contributed by atoms with Gasteiger partial charge in [0.15, 0.2) is 5.96 Å². The molecular formula is C12H25N3O2. The van der Waals surface area contributed by atoms with E-state index in [2.05, 4.69) is 22.0 Å². The van der Waals surface area contributed by atoms with Gasteiger partial charge in [-0.25, -0.2) is 0 Å². The largest absolute Gasteiger partial charge is 0.469 e. The topological polar surface area (TPSA) is 76.7 Å². The second kappa shape index (κ2) is 9.93. The van der Waals surface area contributed by atoms with Crippen molar-refractivity contribution in [2.75, 3.05) is 20.2 Å². The van der Waals surface area contributed by atoms with Crippen LogP contribution in [0.3, 0.4) is 0 Å². The van der Waals surface area contributed by atoms with Gasteiger partial charge in [-0.2, -0.15) is 0 Å². The van der Waals surface area contributed by atoms with Crippen LogP contribution in [0.5, 0.6) is 0 Å². The first-order chi connectivity index (χ1) is 8.11. The van der Waals surface area contributed by atoms with Crippen LogP contribution in [0.4, 0.5) is 0 Å². The van der Waals surface area contributed by atoms with Crippen LogP contribution in [-0.4, -0.2) is 32.1 Å². The first-order valence-electron chi connectivity index (χ1n) is 6.23. The van der Waals surface area contributed by atoms with Gasteiger partial charge in [-0.1, -0.05) is 33.1 Å². The molecule has 0 aliphatic rings. The molecule has 0 aromatic heterocycles. The molecule has 1 atom stereocenters. The highest BCUT2D eigenvalue weighted by Crippen LogP contribution is 1.98. The Morgan fingerprint density at radius 2 is 2.12 bits per heavy atom. The number of carbonyl (C=O) groups excluding carboxylic acids is 1. The zero-order chi connectivity index (χ0) is 13.1. The molecule has 0 radical (unpaired) electrons. The van der Waals surface area contributed by atoms with Crippen LogP contribution >= 0.6 is 0 Å². The molecule has 0 aromatic rings. The van der Waals surface area contributed by atoms with Crippen molar-refractivity contribution in [1.82, 2.24) is 5.32 Å². The van der Waals surface area contributed by atoms with E-state index in [9.17, 15) is 4.79 Å². The molecule has 100 valence electrons. The maximum atomic E-state index is 11.1. The third kappa shape index (κ3) is 8.54. The molecule has 0 aliphatic carbocycles. The third-order valence-electron chi connectivity index (χ3n) is 2.48. The van der Waals surface area contributed by atoms with E-state index < -0.39 is 0 Å². The van der Waals surface area contributed by atoms with Gasteiger partial charge in [0.25, 0.3) is 0 Å². The average Bonchev–Trinajstić information content (AvgIpc) is 2.34. The molecule has 0 amide bonds. The molecule has 0 spiro atoms. The normalized spacial score (nSPS) is 13.2. The highest BCUT2D eigenvalue weighted by Gasteiger charge is 2.11. The molecule has 5 heteroatoms. The van der Waals surface area contributed by atoms with Crippen molar-refractivity contribution in [1.29, 1.82) is 0 Å². The number of nitrogens with zero attached hydrogens (tertiary/aromatic N) is 1. The van der Waals surface area contributed by atoms with Crippen LogP contribution in [0, 0.1) is 5.92 Å². The number of hydrogen-bond acceptors (Lipinski definition) is 3. The molecule has 0 aromatic carbocycles. The van der Waals surface area contributed by atoms with Crippen molar-refractivity contribution in [3.05, 3.63) is 0 Å². The van der Waals surface area contributed by atoms with Crippen molar-refractivity contribution in [2.45, 2.75) is 39.5 Å². The average molecular weight is 243 g/mol. The van der Waals surface area contributed by atoms with Gasteiger partial charge in [0, 0.05) is 6.54 Å². The molecule has 0 saturated heterocycles. The van der Waals surface area contributed by atoms with Gasteiger partial charge >= 0.3 is 5.97 Å². The fourth-order valence-electron chi connectivity index (χ4n) is 1.34. The number of ether oxygens (including phenoxy) is 1. The monoisotopic (exact) mass is 243 g/mol. The van der Waals surface area contributed by atoms with Crippen LogP contribution in [0.2, 0.25) is 0 Å². The first kappa shape index (κ1) is 15.7. The predicted molar refractivity (Wildman–Crippen MR) is 69.8 cm³/mol. The van der Waals surface area contributed by atoms with Crippen molar-refractivity contribution >= 4 is 11.9 Å². The summed E-state index contributed by atoms with van der Waals surface area (Å²) < 4.78 is 4.60. The Kier molecular flexibility index (Phi) is 9.19. The van der Waals surface area contributed by atoms with E-state index in [-0.39, 0.29) is 11.9 Å². The number of aliphatic imine (C=N–C) groups is 1. The maximum Gasteiger partial charge on any atom is 0.310 e. The van der Waals surface area contributed by atoms with Crippen molar-refractivity contribution in [2.24, 2.45) is 16.6 Å². The Bertz CT molecular complexity index is 242. The van der Waals surface area contributed by atoms with Crippen molar-refractivity contribution in [3.63, 3.8) is 0 Å². The standard InChI is InChI=1S/C12H25N3O2/c1-4-5-6-7-8-14-12(13)15-9-10(2)11(16)17-3/h10H,4-9H2,1-3H3,(H3,13,14,15). The Labute approximate surface area is 104 Å². The second-order valence-electron chi connectivity index (χ2n) is 4.14. The Hall–Kier alpha value is -1.26. The lowest BCUT2D eigenvalue weighted by Gasteiger charge is -2.08. The van der Waals surface area contributed by atoms with E-state index in [4.69, 9.17) is 5.73 Å². The summed E-state index contributed by atoms with van der Waals surface area (Å²) in [6.07, 6.45) is 4.77. The minimum atomic E-state index is -0.260. The SMILES string of the molecule is CCCCCCNC(N)=NCC(C)C(=O)OC. The quantitative estimate of drug-likeness (QED) is 0.291. The summed E-state index contributed by atoms with van der Waals surface area (Å²) in [4.78, 5) is 15.2. The highest BCUT2D eigenvalue weighted by atomic mass is 16.5. The van der Waals surface area contributed by atoms with Gasteiger partial charge in [0.2, 0.25) is 0 Å². The molecule has 0 heterocycles. The highest BCUT2D eigenvalue weighted by molar-refractivity contribution is 5.78. The molecule has 0 saturated carbocycles. The predicted octanol–water partition coefficient (Wildman–Crippen LogP) is 1.28. The van der Waals surface area contributed by atoms with E-state index in [0.29, 0.717) is 12.5 Å². The molecular weight excluding hydrogens is 218 g/mol. The van der Waals surface area contributed by atoms with E-state index in [0.717, 1.165) is 13.0 Å². The number of unbranched alkanes of at least 4 members (excludes halogenated alkanes) is 3. The number of nitrogens with one attached hydrogen (secondary N) is 1. The van der Waals surface area contributed by atoms with Crippen LogP contribution < -0.4 is 11.1 Å². The Balaban J connectivity index is 3.67. The summed E-state index contributed by atoms with van der Waals surface area (Å²) in [5.41, 5.74) is 5.67. The smallest absolute Gasteiger partial charge is 0.310 e. The fraction of sp³-hybridized carbons (Fsp3) is 0.833. The van der Waals surface area contributed by atoms with E-state index >= 15 is 0 Å². The summed E-state index contributed by atoms with van der Waals surface area (Å²) in [5.74, 6) is -0.109. The molecule has 5 nitrogen and oxygen atoms in total. The summed E-state index contributed by atoms with van der Waals surface area (Å²) in [6.45, 7) is 5.14. The zero-order valence-corrected chi connectivity index (χ0v) is 11.2. The zero-order valence-electron chi connectivity index (χ0n) is 11.2. The fourth-order valence-corrected chi connectivity index (χ4v) is 1.34. The number of rotatable bonds is 8. The summed E-state index contributed by atoms with van der Waals surface area (Å²) >= 11 is 0. The van der Waals surface area contributed by atoms with Crippen LogP contribution in [-0.2, 0) is 9.53 Å². The molecule has 17 heavy (non-hydrogen) atoms. The summed E-state index contributed by atoms with van der Waals surface area (Å²) in [6, 6.07) is 0. The molecule has 0 bridgehead atoms. The number of guanidine groups is 1. The van der Waals surface area contributed by atoms with Gasteiger partial charge in [-0.15, -0.1) is 0 Å². The molecule has 0 rings (SSSR count). The lowest BCUT2D eigenvalue weighted by atomic mass is 10.2. The lowest BCUT2D eigenvalue weighted by molar-refractivity contribution is -0.144. The van der Waals surface area contributed by atoms with Crippen molar-refractivity contribution in [3.8, 4) is 0 Å². The van der Waals surface area contributed by atoms with Crippen molar-refractivity contribution < 1.29 is 9.53 Å². The van der Waals surface area contributed by atoms with Gasteiger partial charge in [-0.3, -0.25) is 9.79 Å². The first-order valence-corrected chi connectivity index (χ1v) is 6.23. The second-order valence-corrected chi connectivity index (χ2v) is 4.14. The van der Waals surface area contributed by atoms with Crippen LogP contribution in [0.25, 0.3) is 0 Å². The summed E-state index contributed by atoms with van der Waals surface area (Å²) in [7, 11) is 1.37. The molecule has 0 aliphatic heterocycles. The minimum Gasteiger partial charge on any atom is -0.469 e. The number of hydrogen-bond donors (Lipinski definition) is 2. The van der Waals surface area contributed by atoms with Crippen LogP contribution in [0.15, 0.2) is 4.99 Å². The molecule has 3 N–H and O–H groups in total. The maximum absolute atomic E-state index is 11.1. The Morgan fingerprint density at radius 3 is 2.71 bits per heavy atom. The van der Waals surface area contributed by atoms with Gasteiger partial charge in [0.1, 0.15) is 0 Å². The summed E-state index contributed by atoms with van der Waals surface area (Å²) in [5, 5.41) is 3.03. The van der Waals surface area contributed by atoms with Gasteiger partial charge in [0.05, 0.1) is 19.6 Å². The third-order valence-corrected chi connectivity index (χ3v) is 2.48. The van der Waals surface area contributed by atoms with E-state index in [1.54, 1.807) is 6.92 Å². The number of carbonyl (C=O) groups is 1. The van der Waals surface area contributed by atoms with Gasteiger partial charge < -0.3 is 15.8 Å².